The number of nitrogens with zero attached hydrogens (tertiary/aromatic N) is 1. The van der Waals surface area contributed by atoms with Crippen molar-refractivity contribution < 1.29 is 27.1 Å². The van der Waals surface area contributed by atoms with Crippen LogP contribution in [0.1, 0.15) is 19.3 Å². The minimum Gasteiger partial charge on any atom is -0.378 e. The Morgan fingerprint density at radius 2 is 1.90 bits per heavy atom. The largest absolute Gasteiger partial charge is 0.383 e. The molecule has 120 valence electrons. The number of piperidine rings is 1. The third kappa shape index (κ3) is 5.06. The summed E-state index contributed by atoms with van der Waals surface area (Å²) in [6, 6.07) is 0. The van der Waals surface area contributed by atoms with E-state index in [0.717, 1.165) is 4.90 Å². The predicted octanol–water partition coefficient (Wildman–Crippen LogP) is 1.66. The van der Waals surface area contributed by atoms with Gasteiger partial charge in [0, 0.05) is 19.7 Å². The Bertz CT molecular complexity index is 300. The molecule has 0 aromatic heterocycles. The highest BCUT2D eigenvalue weighted by Crippen LogP contribution is 2.27. The van der Waals surface area contributed by atoms with Crippen LogP contribution in [-0.2, 0) is 9.53 Å². The Kier molecular flexibility index (Phi) is 8.38. The molecule has 9 heteroatoms. The molecule has 0 unspecified atom stereocenters. The monoisotopic (exact) mass is 322 g/mol. The van der Waals surface area contributed by atoms with Crippen LogP contribution in [-0.4, -0.2) is 55.5 Å². The minimum atomic E-state index is -4.60. The number of hydrogen-bond acceptors (Lipinski definition) is 3. The maximum absolute atomic E-state index is 12.9. The molecule has 4 nitrogen and oxygen atoms in total. The van der Waals surface area contributed by atoms with Crippen molar-refractivity contribution >= 4 is 18.3 Å². The van der Waals surface area contributed by atoms with Crippen molar-refractivity contribution in [1.29, 1.82) is 0 Å². The molecule has 0 saturated carbocycles. The Balaban J connectivity index is 0.00000361. The quantitative estimate of drug-likeness (QED) is 0.598. The van der Waals surface area contributed by atoms with Gasteiger partial charge in [0.15, 0.2) is 0 Å². The highest BCUT2D eigenvalue weighted by molar-refractivity contribution is 5.85. The van der Waals surface area contributed by atoms with Crippen molar-refractivity contribution in [3.63, 3.8) is 0 Å². The molecule has 20 heavy (non-hydrogen) atoms. The van der Waals surface area contributed by atoms with Gasteiger partial charge < -0.3 is 15.4 Å². The zero-order valence-corrected chi connectivity index (χ0v) is 11.7. The second kappa shape index (κ2) is 8.63. The predicted molar refractivity (Wildman–Crippen MR) is 67.4 cm³/mol. The van der Waals surface area contributed by atoms with Gasteiger partial charge in [0.25, 0.3) is 5.91 Å². The number of nitrogens with two attached hydrogens (primary N) is 1. The zero-order valence-electron chi connectivity index (χ0n) is 10.9. The number of hydrogen-bond donors (Lipinski definition) is 1. The summed E-state index contributed by atoms with van der Waals surface area (Å²) in [5, 5.41) is 0. The van der Waals surface area contributed by atoms with E-state index in [1.165, 1.54) is 0 Å². The average Bonchev–Trinajstić information content (AvgIpc) is 2.39. The third-order valence-electron chi connectivity index (χ3n) is 2.99. The van der Waals surface area contributed by atoms with Crippen molar-refractivity contribution in [2.75, 3.05) is 26.2 Å². The molecule has 1 heterocycles. The summed E-state index contributed by atoms with van der Waals surface area (Å²) in [7, 11) is 0. The molecule has 0 radical (unpaired) electrons. The molecule has 0 aromatic carbocycles. The lowest BCUT2D eigenvalue weighted by Crippen LogP contribution is -2.51. The average molecular weight is 323 g/mol. The standard InChI is InChI=1S/C11H18F4N2O2.ClH/c12-9(13)11(14,15)10(18)17-5-2-8(3-6-17)19-7-1-4-16;/h8-9H,1-7,16H2;1H. The van der Waals surface area contributed by atoms with Crippen LogP contribution in [0, 0.1) is 0 Å². The van der Waals surface area contributed by atoms with Gasteiger partial charge in [-0.05, 0) is 25.8 Å². The number of alkyl halides is 4. The highest BCUT2D eigenvalue weighted by atomic mass is 35.5. The summed E-state index contributed by atoms with van der Waals surface area (Å²) >= 11 is 0. The fourth-order valence-electron chi connectivity index (χ4n) is 1.86. The van der Waals surface area contributed by atoms with Crippen LogP contribution in [0.5, 0.6) is 0 Å². The normalized spacial score (nSPS) is 17.2. The second-order valence-corrected chi connectivity index (χ2v) is 4.43. The highest BCUT2D eigenvalue weighted by Gasteiger charge is 2.51. The molecule has 0 bridgehead atoms. The van der Waals surface area contributed by atoms with E-state index in [9.17, 15) is 22.4 Å². The first-order valence-corrected chi connectivity index (χ1v) is 6.16. The van der Waals surface area contributed by atoms with Crippen LogP contribution in [0.3, 0.4) is 0 Å². The molecule has 1 aliphatic rings. The summed E-state index contributed by atoms with van der Waals surface area (Å²) in [5.74, 6) is -6.41. The van der Waals surface area contributed by atoms with E-state index in [-0.39, 0.29) is 31.6 Å². The van der Waals surface area contributed by atoms with Crippen LogP contribution < -0.4 is 5.73 Å². The summed E-state index contributed by atoms with van der Waals surface area (Å²) in [6.07, 6.45) is -2.66. The molecular weight excluding hydrogens is 304 g/mol. The molecule has 0 aromatic rings. The molecule has 1 rings (SSSR count). The first-order chi connectivity index (χ1) is 8.89. The zero-order chi connectivity index (χ0) is 14.5. The molecule has 0 spiro atoms. The molecule has 0 atom stereocenters. The Morgan fingerprint density at radius 1 is 1.35 bits per heavy atom. The lowest BCUT2D eigenvalue weighted by atomic mass is 10.1. The van der Waals surface area contributed by atoms with E-state index in [1.54, 1.807) is 0 Å². The number of halogens is 5. The summed E-state index contributed by atoms with van der Waals surface area (Å²) < 4.78 is 55.3. The number of likely N-dealkylation sites (tertiary alicyclic amines) is 1. The molecule has 1 saturated heterocycles. The number of amides is 1. The Labute approximate surface area is 121 Å². The van der Waals surface area contributed by atoms with Crippen LogP contribution >= 0.6 is 12.4 Å². The van der Waals surface area contributed by atoms with Gasteiger partial charge in [-0.1, -0.05) is 0 Å². The van der Waals surface area contributed by atoms with E-state index in [1.807, 2.05) is 0 Å². The number of rotatable bonds is 6. The first-order valence-electron chi connectivity index (χ1n) is 6.16. The maximum atomic E-state index is 12.9. The second-order valence-electron chi connectivity index (χ2n) is 4.43. The van der Waals surface area contributed by atoms with Gasteiger partial charge in [-0.3, -0.25) is 4.79 Å². The first kappa shape index (κ1) is 19.4. The summed E-state index contributed by atoms with van der Waals surface area (Å²) in [5.41, 5.74) is 5.29. The molecule has 2 N–H and O–H groups in total. The van der Waals surface area contributed by atoms with Gasteiger partial charge in [-0.2, -0.15) is 8.78 Å². The summed E-state index contributed by atoms with van der Waals surface area (Å²) in [6.45, 7) is 0.989. The van der Waals surface area contributed by atoms with Crippen molar-refractivity contribution in [3.8, 4) is 0 Å². The van der Waals surface area contributed by atoms with E-state index in [2.05, 4.69) is 0 Å². The van der Waals surface area contributed by atoms with Crippen molar-refractivity contribution in [2.24, 2.45) is 5.73 Å². The Morgan fingerprint density at radius 3 is 2.35 bits per heavy atom. The van der Waals surface area contributed by atoms with Crippen molar-refractivity contribution in [3.05, 3.63) is 0 Å². The maximum Gasteiger partial charge on any atom is 0.383 e. The summed E-state index contributed by atoms with van der Waals surface area (Å²) in [4.78, 5) is 12.0. The van der Waals surface area contributed by atoms with Crippen LogP contribution in [0.4, 0.5) is 17.6 Å². The van der Waals surface area contributed by atoms with E-state index >= 15 is 0 Å². The molecule has 1 aliphatic heterocycles. The van der Waals surface area contributed by atoms with Gasteiger partial charge in [0.2, 0.25) is 0 Å². The SMILES string of the molecule is Cl.NCCCOC1CCN(C(=O)C(F)(F)C(F)F)CC1. The fraction of sp³-hybridized carbons (Fsp3) is 0.909. The Hall–Kier alpha value is -0.600. The van der Waals surface area contributed by atoms with Gasteiger partial charge in [0.1, 0.15) is 0 Å². The lowest BCUT2D eigenvalue weighted by Gasteiger charge is -2.33. The topological polar surface area (TPSA) is 55.6 Å². The molecule has 0 aliphatic carbocycles. The van der Waals surface area contributed by atoms with Crippen LogP contribution in [0.15, 0.2) is 0 Å². The van der Waals surface area contributed by atoms with Crippen molar-refractivity contribution in [2.45, 2.75) is 37.7 Å². The van der Waals surface area contributed by atoms with Gasteiger partial charge >= 0.3 is 12.3 Å². The number of carbonyl (C=O) groups excluding carboxylic acids is 1. The third-order valence-corrected chi connectivity index (χ3v) is 2.99. The lowest BCUT2D eigenvalue weighted by molar-refractivity contribution is -0.182. The molecular formula is C11H19ClF4N2O2. The van der Waals surface area contributed by atoms with Gasteiger partial charge in [-0.25, -0.2) is 8.78 Å². The molecule has 1 amide bonds. The smallest absolute Gasteiger partial charge is 0.378 e. The van der Waals surface area contributed by atoms with E-state index in [0.29, 0.717) is 32.4 Å². The van der Waals surface area contributed by atoms with Gasteiger partial charge in [-0.15, -0.1) is 12.4 Å². The fourth-order valence-corrected chi connectivity index (χ4v) is 1.86. The number of ether oxygens (including phenoxy) is 1. The minimum absolute atomic E-state index is 0. The van der Waals surface area contributed by atoms with Crippen molar-refractivity contribution in [1.82, 2.24) is 4.90 Å². The van der Waals surface area contributed by atoms with Crippen LogP contribution in [0.25, 0.3) is 0 Å². The van der Waals surface area contributed by atoms with Gasteiger partial charge in [0.05, 0.1) is 6.10 Å². The number of carbonyl (C=O) groups is 1. The van der Waals surface area contributed by atoms with E-state index in [4.69, 9.17) is 10.5 Å². The molecule has 1 fully saturated rings. The van der Waals surface area contributed by atoms with Crippen LogP contribution in [0.2, 0.25) is 0 Å². The van der Waals surface area contributed by atoms with E-state index < -0.39 is 18.3 Å².